The van der Waals surface area contributed by atoms with Crippen LogP contribution in [0.4, 0.5) is 5.69 Å². The first kappa shape index (κ1) is 18.4. The number of amides is 1. The molecule has 2 saturated heterocycles. The maximum atomic E-state index is 11.9. The number of hydrogen-bond donors (Lipinski definition) is 2. The van der Waals surface area contributed by atoms with E-state index in [0.717, 1.165) is 48.5 Å². The van der Waals surface area contributed by atoms with Crippen molar-refractivity contribution in [3.8, 4) is 5.69 Å². The molecule has 0 atom stereocenters. The molecule has 0 unspecified atom stereocenters. The van der Waals surface area contributed by atoms with Crippen LogP contribution >= 0.6 is 24.0 Å². The fourth-order valence-electron chi connectivity index (χ4n) is 3.64. The van der Waals surface area contributed by atoms with Crippen LogP contribution in [0, 0.1) is 0 Å². The van der Waals surface area contributed by atoms with Crippen LogP contribution in [0.1, 0.15) is 5.56 Å². The van der Waals surface area contributed by atoms with Crippen molar-refractivity contribution in [3.63, 3.8) is 0 Å². The minimum Gasteiger partial charge on any atom is -0.369 e. The molecule has 2 aliphatic heterocycles. The van der Waals surface area contributed by atoms with Gasteiger partial charge in [-0.3, -0.25) is 9.36 Å². The monoisotopic (exact) mass is 421 g/mol. The Bertz CT molecular complexity index is 1130. The molecular weight excluding hydrogens is 402 g/mol. The fourth-order valence-corrected chi connectivity index (χ4v) is 4.68. The Balaban J connectivity index is 1.46. The number of imidazole rings is 1. The zero-order chi connectivity index (χ0) is 19.8. The summed E-state index contributed by atoms with van der Waals surface area (Å²) in [4.78, 5) is 19.5. The van der Waals surface area contributed by atoms with Crippen LogP contribution < -0.4 is 15.5 Å². The summed E-state index contributed by atoms with van der Waals surface area (Å²) in [6, 6.07) is 14.6. The quantitative estimate of drug-likeness (QED) is 0.501. The van der Waals surface area contributed by atoms with Crippen LogP contribution in [0.5, 0.6) is 0 Å². The van der Waals surface area contributed by atoms with Crippen LogP contribution in [0.3, 0.4) is 0 Å². The van der Waals surface area contributed by atoms with Crippen LogP contribution in [0.25, 0.3) is 22.8 Å². The largest absolute Gasteiger partial charge is 0.369 e. The summed E-state index contributed by atoms with van der Waals surface area (Å²) in [7, 11) is 0. The Kier molecular flexibility index (Phi) is 4.83. The Hall–Kier alpha value is -2.68. The third-order valence-corrected chi connectivity index (χ3v) is 6.28. The summed E-state index contributed by atoms with van der Waals surface area (Å²) < 4.78 is 2.57. The third-order valence-electron chi connectivity index (χ3n) is 5.12. The van der Waals surface area contributed by atoms with Gasteiger partial charge in [-0.05, 0) is 48.0 Å². The number of carbonyl (C=O) groups excluding carboxylic acids is 1. The highest BCUT2D eigenvalue weighted by Gasteiger charge is 2.22. The molecule has 0 spiro atoms. The molecule has 3 heterocycles. The number of piperazine rings is 1. The van der Waals surface area contributed by atoms with E-state index < -0.39 is 0 Å². The van der Waals surface area contributed by atoms with Crippen molar-refractivity contribution in [1.29, 1.82) is 0 Å². The zero-order valence-corrected chi connectivity index (χ0v) is 17.2. The van der Waals surface area contributed by atoms with Gasteiger partial charge in [0.05, 0.1) is 15.9 Å². The average Bonchev–Trinajstić information content (AvgIpc) is 3.31. The summed E-state index contributed by atoms with van der Waals surface area (Å²) in [6.45, 7) is 4.10. The van der Waals surface area contributed by atoms with Crippen molar-refractivity contribution < 1.29 is 4.79 Å². The van der Waals surface area contributed by atoms with E-state index in [4.69, 9.17) is 12.2 Å². The number of rotatable bonds is 3. The van der Waals surface area contributed by atoms with E-state index in [9.17, 15) is 4.79 Å². The molecule has 2 aromatic carbocycles. The fraction of sp³-hybridized carbons (Fsp3) is 0.190. The molecule has 146 valence electrons. The number of benzene rings is 2. The van der Waals surface area contributed by atoms with E-state index in [1.165, 1.54) is 17.4 Å². The van der Waals surface area contributed by atoms with Gasteiger partial charge in [0.2, 0.25) is 0 Å². The zero-order valence-electron chi connectivity index (χ0n) is 15.6. The standard InChI is InChI=1S/C21H19N5OS2/c27-20-19(29-21(28)24-20)12-14-1-6-17-18(11-14)26(13-23-17)16-4-2-15(3-5-16)25-9-7-22-8-10-25/h1-6,11-13,22H,7-10H2,(H,24,27,28)/b19-12-. The van der Waals surface area contributed by atoms with Crippen molar-refractivity contribution in [2.75, 3.05) is 31.1 Å². The molecule has 1 aromatic heterocycles. The number of thiocarbonyl (C=S) groups is 1. The summed E-state index contributed by atoms with van der Waals surface area (Å²) in [5.74, 6) is -0.142. The van der Waals surface area contributed by atoms with E-state index >= 15 is 0 Å². The number of nitrogens with zero attached hydrogens (tertiary/aromatic N) is 3. The van der Waals surface area contributed by atoms with E-state index in [1.54, 1.807) is 0 Å². The highest BCUT2D eigenvalue weighted by Crippen LogP contribution is 2.28. The molecule has 0 radical (unpaired) electrons. The van der Waals surface area contributed by atoms with E-state index in [2.05, 4.69) is 55.4 Å². The topological polar surface area (TPSA) is 62.2 Å². The molecule has 2 fully saturated rings. The highest BCUT2D eigenvalue weighted by atomic mass is 32.2. The van der Waals surface area contributed by atoms with Gasteiger partial charge >= 0.3 is 0 Å². The summed E-state index contributed by atoms with van der Waals surface area (Å²) in [5.41, 5.74) is 5.16. The van der Waals surface area contributed by atoms with Gasteiger partial charge in [-0.2, -0.15) is 0 Å². The van der Waals surface area contributed by atoms with Crippen molar-refractivity contribution in [2.24, 2.45) is 0 Å². The van der Waals surface area contributed by atoms with Crippen LogP contribution in [-0.2, 0) is 4.79 Å². The molecule has 0 saturated carbocycles. The maximum absolute atomic E-state index is 11.9. The van der Waals surface area contributed by atoms with Gasteiger partial charge in [-0.15, -0.1) is 0 Å². The second kappa shape index (κ2) is 7.62. The van der Waals surface area contributed by atoms with Crippen molar-refractivity contribution >= 4 is 57.0 Å². The van der Waals surface area contributed by atoms with Gasteiger partial charge in [0, 0.05) is 37.6 Å². The highest BCUT2D eigenvalue weighted by molar-refractivity contribution is 8.26. The normalized spacial score (nSPS) is 18.6. The van der Waals surface area contributed by atoms with Crippen molar-refractivity contribution in [1.82, 2.24) is 20.2 Å². The molecule has 5 rings (SSSR count). The van der Waals surface area contributed by atoms with E-state index in [1.807, 2.05) is 24.5 Å². The number of fused-ring (bicyclic) bond motifs is 1. The molecule has 3 aromatic rings. The predicted molar refractivity (Wildman–Crippen MR) is 122 cm³/mol. The molecular formula is C21H19N5OS2. The van der Waals surface area contributed by atoms with E-state index in [0.29, 0.717) is 9.23 Å². The SMILES string of the molecule is O=C1NC(=S)S/C1=C\c1ccc2ncn(-c3ccc(N4CCNCC4)cc3)c2c1. The van der Waals surface area contributed by atoms with Crippen LogP contribution in [0.2, 0.25) is 0 Å². The first-order valence-electron chi connectivity index (χ1n) is 9.45. The molecule has 0 aliphatic carbocycles. The number of anilines is 1. The minimum atomic E-state index is -0.142. The minimum absolute atomic E-state index is 0.142. The molecule has 0 bridgehead atoms. The van der Waals surface area contributed by atoms with Crippen LogP contribution in [-0.4, -0.2) is 46.0 Å². The van der Waals surface area contributed by atoms with Crippen LogP contribution in [0.15, 0.2) is 53.7 Å². The molecule has 8 heteroatoms. The average molecular weight is 422 g/mol. The summed E-state index contributed by atoms with van der Waals surface area (Å²) >= 11 is 6.36. The summed E-state index contributed by atoms with van der Waals surface area (Å²) in [5, 5.41) is 6.03. The number of thioether (sulfide) groups is 1. The lowest BCUT2D eigenvalue weighted by Crippen LogP contribution is -2.43. The Morgan fingerprint density at radius 3 is 2.55 bits per heavy atom. The lowest BCUT2D eigenvalue weighted by Gasteiger charge is -2.29. The van der Waals surface area contributed by atoms with Gasteiger partial charge in [-0.1, -0.05) is 30.0 Å². The number of nitrogens with one attached hydrogen (secondary N) is 2. The maximum Gasteiger partial charge on any atom is 0.263 e. The van der Waals surface area contributed by atoms with E-state index in [-0.39, 0.29) is 5.91 Å². The van der Waals surface area contributed by atoms with Crippen molar-refractivity contribution in [3.05, 3.63) is 59.3 Å². The first-order chi connectivity index (χ1) is 14.2. The molecule has 2 aliphatic rings. The molecule has 2 N–H and O–H groups in total. The second-order valence-electron chi connectivity index (χ2n) is 6.97. The smallest absolute Gasteiger partial charge is 0.263 e. The Morgan fingerprint density at radius 1 is 1.07 bits per heavy atom. The lowest BCUT2D eigenvalue weighted by atomic mass is 10.1. The van der Waals surface area contributed by atoms with Gasteiger partial charge < -0.3 is 15.5 Å². The Labute approximate surface area is 178 Å². The molecule has 6 nitrogen and oxygen atoms in total. The molecule has 1 amide bonds. The van der Waals surface area contributed by atoms with Gasteiger partial charge in [0.1, 0.15) is 10.6 Å². The third kappa shape index (κ3) is 3.66. The lowest BCUT2D eigenvalue weighted by molar-refractivity contribution is -0.115. The van der Waals surface area contributed by atoms with Gasteiger partial charge in [-0.25, -0.2) is 4.98 Å². The Morgan fingerprint density at radius 2 is 1.83 bits per heavy atom. The van der Waals surface area contributed by atoms with Crippen molar-refractivity contribution in [2.45, 2.75) is 0 Å². The predicted octanol–water partition coefficient (Wildman–Crippen LogP) is 2.92. The summed E-state index contributed by atoms with van der Waals surface area (Å²) in [6.07, 6.45) is 3.71. The number of hydrogen-bond acceptors (Lipinski definition) is 6. The second-order valence-corrected chi connectivity index (χ2v) is 8.69. The van der Waals surface area contributed by atoms with Gasteiger partial charge in [0.25, 0.3) is 5.91 Å². The number of aromatic nitrogens is 2. The molecule has 29 heavy (non-hydrogen) atoms. The first-order valence-corrected chi connectivity index (χ1v) is 10.7. The number of carbonyl (C=O) groups is 1. The van der Waals surface area contributed by atoms with Gasteiger partial charge in [0.15, 0.2) is 0 Å².